The second-order valence-corrected chi connectivity index (χ2v) is 6.43. The van der Waals surface area contributed by atoms with E-state index in [9.17, 15) is 4.79 Å². The molecule has 2 aromatic rings. The minimum Gasteiger partial charge on any atom is -0.490 e. The van der Waals surface area contributed by atoms with E-state index in [0.717, 1.165) is 14.7 Å². The molecule has 6 heteroatoms. The molecular weight excluding hydrogens is 443 g/mol. The average molecular weight is 462 g/mol. The molecule has 0 unspecified atom stereocenters. The lowest BCUT2D eigenvalue weighted by atomic mass is 10.1. The van der Waals surface area contributed by atoms with Crippen molar-refractivity contribution >= 4 is 34.7 Å². The number of nitrogens with zero attached hydrogens (tertiary/aromatic N) is 1. The molecule has 0 spiro atoms. The first-order chi connectivity index (χ1) is 12.6. The van der Waals surface area contributed by atoms with Gasteiger partial charge in [-0.15, -0.1) is 6.42 Å². The number of carbonyl (C=O) groups excluding carboxylic acids is 1. The fraction of sp³-hybridized carbons (Fsp3) is 0.200. The van der Waals surface area contributed by atoms with Gasteiger partial charge < -0.3 is 9.47 Å². The van der Waals surface area contributed by atoms with Gasteiger partial charge in [-0.2, -0.15) is 5.10 Å². The predicted molar refractivity (Wildman–Crippen MR) is 111 cm³/mol. The number of terminal acetylenes is 1. The van der Waals surface area contributed by atoms with Gasteiger partial charge in [0.2, 0.25) is 0 Å². The summed E-state index contributed by atoms with van der Waals surface area (Å²) >= 11 is 2.15. The van der Waals surface area contributed by atoms with Crippen LogP contribution in [0.15, 0.2) is 41.5 Å². The van der Waals surface area contributed by atoms with Crippen LogP contribution in [0, 0.1) is 22.8 Å². The molecule has 1 amide bonds. The van der Waals surface area contributed by atoms with Crippen molar-refractivity contribution < 1.29 is 14.3 Å². The average Bonchev–Trinajstić information content (AvgIpc) is 2.61. The van der Waals surface area contributed by atoms with Crippen molar-refractivity contribution in [2.45, 2.75) is 13.8 Å². The number of nitrogens with one attached hydrogen (secondary N) is 1. The van der Waals surface area contributed by atoms with Gasteiger partial charge in [-0.3, -0.25) is 4.79 Å². The number of hydrogen-bond acceptors (Lipinski definition) is 4. The molecule has 0 saturated heterocycles. The van der Waals surface area contributed by atoms with Gasteiger partial charge in [-0.25, -0.2) is 5.43 Å². The van der Waals surface area contributed by atoms with E-state index >= 15 is 0 Å². The molecule has 134 valence electrons. The SMILES string of the molecule is C#CCOc1c(I)cc(/C=N\NC(=O)c2ccccc2C)cc1OCC. The Bertz CT molecular complexity index is 857. The van der Waals surface area contributed by atoms with Crippen LogP contribution in [-0.4, -0.2) is 25.3 Å². The van der Waals surface area contributed by atoms with E-state index in [2.05, 4.69) is 39.0 Å². The van der Waals surface area contributed by atoms with Gasteiger partial charge in [-0.1, -0.05) is 24.1 Å². The molecule has 0 fully saturated rings. The minimum atomic E-state index is -0.256. The highest BCUT2D eigenvalue weighted by Crippen LogP contribution is 2.33. The number of carbonyl (C=O) groups is 1. The molecule has 0 aromatic heterocycles. The fourth-order valence-electron chi connectivity index (χ4n) is 2.23. The van der Waals surface area contributed by atoms with Crippen LogP contribution in [0.3, 0.4) is 0 Å². The van der Waals surface area contributed by atoms with Crippen LogP contribution < -0.4 is 14.9 Å². The van der Waals surface area contributed by atoms with E-state index in [1.807, 2.05) is 38.1 Å². The highest BCUT2D eigenvalue weighted by atomic mass is 127. The Balaban J connectivity index is 2.16. The van der Waals surface area contributed by atoms with Gasteiger partial charge in [0.1, 0.15) is 6.61 Å². The van der Waals surface area contributed by atoms with Gasteiger partial charge in [0, 0.05) is 5.56 Å². The lowest BCUT2D eigenvalue weighted by Gasteiger charge is -2.13. The van der Waals surface area contributed by atoms with Crippen LogP contribution in [-0.2, 0) is 0 Å². The molecule has 2 aromatic carbocycles. The number of ether oxygens (including phenoxy) is 2. The zero-order chi connectivity index (χ0) is 18.9. The molecule has 0 atom stereocenters. The highest BCUT2D eigenvalue weighted by molar-refractivity contribution is 14.1. The van der Waals surface area contributed by atoms with E-state index in [4.69, 9.17) is 15.9 Å². The summed E-state index contributed by atoms with van der Waals surface area (Å²) in [6, 6.07) is 11.0. The summed E-state index contributed by atoms with van der Waals surface area (Å²) in [7, 11) is 0. The Labute approximate surface area is 166 Å². The predicted octanol–water partition coefficient (Wildman–Crippen LogP) is 3.77. The standard InChI is InChI=1S/C20H19IN2O3/c1-4-10-26-19-17(21)11-15(12-18(19)25-5-2)13-22-23-20(24)16-9-7-6-8-14(16)3/h1,6-9,11-13H,5,10H2,2-3H3,(H,23,24)/b22-13-. The number of rotatable bonds is 7. The molecule has 0 heterocycles. The van der Waals surface area contributed by atoms with Gasteiger partial charge in [0.15, 0.2) is 11.5 Å². The first-order valence-electron chi connectivity index (χ1n) is 7.98. The van der Waals surface area contributed by atoms with Gasteiger partial charge in [0.25, 0.3) is 5.91 Å². The smallest absolute Gasteiger partial charge is 0.271 e. The van der Waals surface area contributed by atoms with Crippen LogP contribution in [0.2, 0.25) is 0 Å². The van der Waals surface area contributed by atoms with Crippen LogP contribution in [0.5, 0.6) is 11.5 Å². The van der Waals surface area contributed by atoms with Crippen molar-refractivity contribution in [3.05, 3.63) is 56.7 Å². The third-order valence-electron chi connectivity index (χ3n) is 3.40. The second-order valence-electron chi connectivity index (χ2n) is 5.27. The van der Waals surface area contributed by atoms with Crippen molar-refractivity contribution in [2.75, 3.05) is 13.2 Å². The normalized spacial score (nSPS) is 10.4. The Morgan fingerprint density at radius 1 is 1.35 bits per heavy atom. The minimum absolute atomic E-state index is 0.163. The Morgan fingerprint density at radius 3 is 2.81 bits per heavy atom. The molecule has 0 radical (unpaired) electrons. The van der Waals surface area contributed by atoms with Crippen molar-refractivity contribution in [3.63, 3.8) is 0 Å². The molecule has 0 aliphatic heterocycles. The van der Waals surface area contributed by atoms with E-state index in [0.29, 0.717) is 23.7 Å². The number of hydrazone groups is 1. The Hall–Kier alpha value is -2.53. The summed E-state index contributed by atoms with van der Waals surface area (Å²) < 4.78 is 12.0. The maximum atomic E-state index is 12.2. The summed E-state index contributed by atoms with van der Waals surface area (Å²) in [5, 5.41) is 4.04. The van der Waals surface area contributed by atoms with Crippen molar-refractivity contribution in [3.8, 4) is 23.8 Å². The monoisotopic (exact) mass is 462 g/mol. The zero-order valence-corrected chi connectivity index (χ0v) is 16.7. The van der Waals surface area contributed by atoms with E-state index in [-0.39, 0.29) is 12.5 Å². The molecule has 0 saturated carbocycles. The number of aryl methyl sites for hydroxylation is 1. The summed E-state index contributed by atoms with van der Waals surface area (Å²) in [6.45, 7) is 4.42. The number of benzene rings is 2. The molecule has 26 heavy (non-hydrogen) atoms. The number of halogens is 1. The summed E-state index contributed by atoms with van der Waals surface area (Å²) in [4.78, 5) is 12.2. The topological polar surface area (TPSA) is 59.9 Å². The largest absolute Gasteiger partial charge is 0.490 e. The summed E-state index contributed by atoms with van der Waals surface area (Å²) in [6.07, 6.45) is 6.81. The van der Waals surface area contributed by atoms with Crippen LogP contribution in [0.4, 0.5) is 0 Å². The quantitative estimate of drug-likeness (QED) is 0.295. The van der Waals surface area contributed by atoms with E-state index < -0.39 is 0 Å². The fourth-order valence-corrected chi connectivity index (χ4v) is 3.01. The molecule has 0 bridgehead atoms. The third-order valence-corrected chi connectivity index (χ3v) is 4.20. The number of amides is 1. The van der Waals surface area contributed by atoms with E-state index in [1.165, 1.54) is 0 Å². The Kier molecular flexibility index (Phi) is 7.48. The molecule has 0 aliphatic rings. The maximum absolute atomic E-state index is 12.2. The lowest BCUT2D eigenvalue weighted by Crippen LogP contribution is -2.18. The van der Waals surface area contributed by atoms with Crippen LogP contribution >= 0.6 is 22.6 Å². The van der Waals surface area contributed by atoms with Crippen molar-refractivity contribution in [1.29, 1.82) is 0 Å². The van der Waals surface area contributed by atoms with Crippen LogP contribution in [0.1, 0.15) is 28.4 Å². The van der Waals surface area contributed by atoms with Gasteiger partial charge in [0.05, 0.1) is 16.4 Å². The summed E-state index contributed by atoms with van der Waals surface area (Å²) in [5.74, 6) is 3.37. The number of hydrogen-bond donors (Lipinski definition) is 1. The molecule has 1 N–H and O–H groups in total. The van der Waals surface area contributed by atoms with Crippen molar-refractivity contribution in [1.82, 2.24) is 5.43 Å². The first-order valence-corrected chi connectivity index (χ1v) is 9.06. The van der Waals surface area contributed by atoms with E-state index in [1.54, 1.807) is 18.3 Å². The Morgan fingerprint density at radius 2 is 2.12 bits per heavy atom. The maximum Gasteiger partial charge on any atom is 0.271 e. The second kappa shape index (κ2) is 9.82. The molecule has 5 nitrogen and oxygen atoms in total. The first kappa shape index (κ1) is 19.8. The van der Waals surface area contributed by atoms with Crippen LogP contribution in [0.25, 0.3) is 0 Å². The third kappa shape index (κ3) is 5.23. The lowest BCUT2D eigenvalue weighted by molar-refractivity contribution is 0.0954. The highest BCUT2D eigenvalue weighted by Gasteiger charge is 2.12. The molecule has 2 rings (SSSR count). The van der Waals surface area contributed by atoms with Gasteiger partial charge >= 0.3 is 0 Å². The van der Waals surface area contributed by atoms with Gasteiger partial charge in [-0.05, 0) is 65.8 Å². The van der Waals surface area contributed by atoms with Crippen molar-refractivity contribution in [2.24, 2.45) is 5.10 Å². The summed E-state index contributed by atoms with van der Waals surface area (Å²) in [5.41, 5.74) is 4.79. The zero-order valence-electron chi connectivity index (χ0n) is 14.6. The molecular formula is C20H19IN2O3. The molecule has 0 aliphatic carbocycles.